The number of pyridine rings is 1. The van der Waals surface area contributed by atoms with Crippen molar-refractivity contribution in [2.75, 3.05) is 13.1 Å². The van der Waals surface area contributed by atoms with E-state index in [0.29, 0.717) is 18.1 Å². The van der Waals surface area contributed by atoms with Crippen LogP contribution in [-0.2, 0) is 6.42 Å². The number of hydrogen-bond acceptors (Lipinski definition) is 4. The lowest BCUT2D eigenvalue weighted by atomic mass is 9.99. The van der Waals surface area contributed by atoms with E-state index in [1.807, 2.05) is 12.4 Å². The molecule has 1 aliphatic heterocycles. The Labute approximate surface area is 143 Å². The minimum absolute atomic E-state index is 0.488. The minimum Gasteiger partial charge on any atom is -0.311 e. The zero-order chi connectivity index (χ0) is 16.1. The van der Waals surface area contributed by atoms with Gasteiger partial charge in [0.25, 0.3) is 0 Å². The zero-order valence-corrected chi connectivity index (χ0v) is 14.9. The van der Waals surface area contributed by atoms with E-state index >= 15 is 0 Å². The highest BCUT2D eigenvalue weighted by Crippen LogP contribution is 2.24. The third-order valence-electron chi connectivity index (χ3n) is 4.91. The Balaban J connectivity index is 1.45. The van der Waals surface area contributed by atoms with Crippen LogP contribution in [-0.4, -0.2) is 35.1 Å². The highest BCUT2D eigenvalue weighted by molar-refractivity contribution is 7.07. The van der Waals surface area contributed by atoms with E-state index in [1.54, 1.807) is 11.3 Å². The van der Waals surface area contributed by atoms with E-state index in [-0.39, 0.29) is 0 Å². The van der Waals surface area contributed by atoms with Gasteiger partial charge in [-0.1, -0.05) is 0 Å². The topological polar surface area (TPSA) is 28.2 Å². The molecule has 124 valence electrons. The van der Waals surface area contributed by atoms with Gasteiger partial charge in [0, 0.05) is 43.6 Å². The van der Waals surface area contributed by atoms with Gasteiger partial charge in [0.2, 0.25) is 0 Å². The second kappa shape index (κ2) is 8.04. The summed E-state index contributed by atoms with van der Waals surface area (Å²) in [4.78, 5) is 6.71. The number of likely N-dealkylation sites (tertiary alicyclic amines) is 1. The Hall–Kier alpha value is -1.23. The fourth-order valence-electron chi connectivity index (χ4n) is 3.53. The summed E-state index contributed by atoms with van der Waals surface area (Å²) in [5.41, 5.74) is 2.83. The van der Waals surface area contributed by atoms with Crippen molar-refractivity contribution >= 4 is 11.3 Å². The van der Waals surface area contributed by atoms with Crippen LogP contribution in [0.4, 0.5) is 0 Å². The van der Waals surface area contributed by atoms with Gasteiger partial charge in [0.05, 0.1) is 0 Å². The van der Waals surface area contributed by atoms with Gasteiger partial charge in [-0.15, -0.1) is 0 Å². The Bertz CT molecular complexity index is 562. The first-order chi connectivity index (χ1) is 11.2. The molecule has 0 bridgehead atoms. The molecule has 0 aliphatic carbocycles. The van der Waals surface area contributed by atoms with Crippen molar-refractivity contribution in [2.24, 2.45) is 0 Å². The summed E-state index contributed by atoms with van der Waals surface area (Å²) in [5.74, 6) is 0. The quantitative estimate of drug-likeness (QED) is 0.871. The molecule has 1 N–H and O–H groups in total. The molecule has 1 fully saturated rings. The lowest BCUT2D eigenvalue weighted by Gasteiger charge is -2.37. The number of thiophene rings is 1. The molecule has 0 saturated carbocycles. The van der Waals surface area contributed by atoms with Gasteiger partial charge in [-0.05, 0) is 73.2 Å². The standard InChI is InChI=1S/C19H27N3S/c1-15(13-17-7-12-23-14-17)21-19-5-10-22(11-6-19)16(2)18-3-8-20-9-4-18/h3-4,7-9,12,14-16,19,21H,5-6,10-11,13H2,1-2H3/t15-,16+/m0/s1. The summed E-state index contributed by atoms with van der Waals surface area (Å²) in [6, 6.07) is 8.21. The molecule has 4 heteroatoms. The van der Waals surface area contributed by atoms with Crippen LogP contribution in [0.3, 0.4) is 0 Å². The van der Waals surface area contributed by atoms with Gasteiger partial charge in [-0.25, -0.2) is 0 Å². The maximum Gasteiger partial charge on any atom is 0.0321 e. The average molecular weight is 330 g/mol. The molecule has 3 nitrogen and oxygen atoms in total. The lowest BCUT2D eigenvalue weighted by molar-refractivity contribution is 0.149. The molecule has 2 aromatic heterocycles. The Morgan fingerprint density at radius 1 is 1.22 bits per heavy atom. The molecule has 1 saturated heterocycles. The predicted octanol–water partition coefficient (Wildman–Crippen LogP) is 3.89. The molecule has 3 rings (SSSR count). The van der Waals surface area contributed by atoms with Crippen molar-refractivity contribution in [1.29, 1.82) is 0 Å². The van der Waals surface area contributed by atoms with Gasteiger partial charge in [0.1, 0.15) is 0 Å². The Morgan fingerprint density at radius 2 is 1.96 bits per heavy atom. The third kappa shape index (κ3) is 4.63. The van der Waals surface area contributed by atoms with Gasteiger partial charge in [0.15, 0.2) is 0 Å². The third-order valence-corrected chi connectivity index (χ3v) is 5.64. The van der Waals surface area contributed by atoms with Crippen LogP contribution in [0.15, 0.2) is 41.4 Å². The van der Waals surface area contributed by atoms with Crippen molar-refractivity contribution in [3.8, 4) is 0 Å². The minimum atomic E-state index is 0.488. The van der Waals surface area contributed by atoms with E-state index in [9.17, 15) is 0 Å². The Morgan fingerprint density at radius 3 is 2.61 bits per heavy atom. The molecule has 0 amide bonds. The van der Waals surface area contributed by atoms with Gasteiger partial charge < -0.3 is 5.32 Å². The second-order valence-electron chi connectivity index (χ2n) is 6.67. The van der Waals surface area contributed by atoms with Gasteiger partial charge in [-0.2, -0.15) is 11.3 Å². The molecule has 0 unspecified atom stereocenters. The molecule has 3 heterocycles. The summed E-state index contributed by atoms with van der Waals surface area (Å²) in [5, 5.41) is 8.25. The van der Waals surface area contributed by atoms with Gasteiger partial charge in [-0.3, -0.25) is 9.88 Å². The largest absolute Gasteiger partial charge is 0.311 e. The first kappa shape index (κ1) is 16.6. The molecular weight excluding hydrogens is 302 g/mol. The highest BCUT2D eigenvalue weighted by Gasteiger charge is 2.24. The predicted molar refractivity (Wildman–Crippen MR) is 97.9 cm³/mol. The fraction of sp³-hybridized carbons (Fsp3) is 0.526. The number of rotatable bonds is 6. The van der Waals surface area contributed by atoms with E-state index in [1.165, 1.54) is 37.1 Å². The first-order valence-electron chi connectivity index (χ1n) is 8.63. The summed E-state index contributed by atoms with van der Waals surface area (Å²) in [6.45, 7) is 6.96. The number of hydrogen-bond donors (Lipinski definition) is 1. The summed E-state index contributed by atoms with van der Waals surface area (Å²) in [6.07, 6.45) is 7.41. The van der Waals surface area contributed by atoms with Crippen molar-refractivity contribution in [3.05, 3.63) is 52.5 Å². The molecule has 2 atom stereocenters. The number of aromatic nitrogens is 1. The van der Waals surface area contributed by atoms with Crippen LogP contribution in [0.2, 0.25) is 0 Å². The maximum absolute atomic E-state index is 4.12. The van der Waals surface area contributed by atoms with Crippen LogP contribution in [0.5, 0.6) is 0 Å². The monoisotopic (exact) mass is 329 g/mol. The molecule has 0 radical (unpaired) electrons. The van der Waals surface area contributed by atoms with E-state index in [2.05, 4.69) is 58.0 Å². The highest BCUT2D eigenvalue weighted by atomic mass is 32.1. The summed E-state index contributed by atoms with van der Waals surface area (Å²) < 4.78 is 0. The molecule has 1 aliphatic rings. The van der Waals surface area contributed by atoms with Crippen LogP contribution in [0.1, 0.15) is 43.9 Å². The second-order valence-corrected chi connectivity index (χ2v) is 7.45. The molecule has 2 aromatic rings. The molecule has 0 aromatic carbocycles. The molecular formula is C19H27N3S. The van der Waals surface area contributed by atoms with Gasteiger partial charge >= 0.3 is 0 Å². The van der Waals surface area contributed by atoms with E-state index in [0.717, 1.165) is 6.42 Å². The maximum atomic E-state index is 4.12. The summed E-state index contributed by atoms with van der Waals surface area (Å²) >= 11 is 1.79. The number of piperidine rings is 1. The van der Waals surface area contributed by atoms with E-state index in [4.69, 9.17) is 0 Å². The van der Waals surface area contributed by atoms with Crippen LogP contribution in [0.25, 0.3) is 0 Å². The van der Waals surface area contributed by atoms with Crippen LogP contribution < -0.4 is 5.32 Å². The van der Waals surface area contributed by atoms with Crippen molar-refractivity contribution in [1.82, 2.24) is 15.2 Å². The van der Waals surface area contributed by atoms with Crippen molar-refractivity contribution in [3.63, 3.8) is 0 Å². The number of nitrogens with zero attached hydrogens (tertiary/aromatic N) is 2. The molecule has 23 heavy (non-hydrogen) atoms. The van der Waals surface area contributed by atoms with E-state index < -0.39 is 0 Å². The average Bonchev–Trinajstić information content (AvgIpc) is 3.08. The SMILES string of the molecule is C[C@H](c1ccncc1)N1CCC(N[C@@H](C)Cc2ccsc2)CC1. The zero-order valence-electron chi connectivity index (χ0n) is 14.1. The molecule has 0 spiro atoms. The van der Waals surface area contributed by atoms with Crippen LogP contribution in [0, 0.1) is 0 Å². The fourth-order valence-corrected chi connectivity index (χ4v) is 4.21. The van der Waals surface area contributed by atoms with Crippen molar-refractivity contribution in [2.45, 2.75) is 51.2 Å². The normalized spacial score (nSPS) is 19.6. The Kier molecular flexibility index (Phi) is 5.81. The first-order valence-corrected chi connectivity index (χ1v) is 9.57. The smallest absolute Gasteiger partial charge is 0.0321 e. The van der Waals surface area contributed by atoms with Crippen molar-refractivity contribution < 1.29 is 0 Å². The van der Waals surface area contributed by atoms with Crippen LogP contribution >= 0.6 is 11.3 Å². The summed E-state index contributed by atoms with van der Waals surface area (Å²) in [7, 11) is 0. The lowest BCUT2D eigenvalue weighted by Crippen LogP contribution is -2.46. The number of nitrogens with one attached hydrogen (secondary N) is 1.